The molecule has 1 aliphatic heterocycles. The Morgan fingerprint density at radius 1 is 0.656 bits per heavy atom. The molecule has 2 aromatic rings. The zero-order valence-electron chi connectivity index (χ0n) is 18.9. The molecule has 0 aromatic heterocycles. The van der Waals surface area contributed by atoms with Crippen molar-refractivity contribution in [3.8, 4) is 0 Å². The fraction of sp³-hybridized carbons (Fsp3) is 0.520. The summed E-state index contributed by atoms with van der Waals surface area (Å²) in [7, 11) is 0. The standard InChI is InChI=1S/C25H37F2N5/c26-24-15-23(16-25(27)17-24)19-31-18-21-3-5-22(6-4-21)20-32-13-2-9-29-11-10-28-7-1-8-30-12-14-32/h3-6,15-17,28-31H,1-2,7-14,18-20H2. The number of benzene rings is 2. The van der Waals surface area contributed by atoms with Crippen LogP contribution in [0.4, 0.5) is 8.78 Å². The first-order valence-corrected chi connectivity index (χ1v) is 11.8. The molecule has 0 radical (unpaired) electrons. The van der Waals surface area contributed by atoms with Crippen molar-refractivity contribution >= 4 is 0 Å². The number of rotatable bonds is 6. The van der Waals surface area contributed by atoms with E-state index in [4.69, 9.17) is 0 Å². The van der Waals surface area contributed by atoms with Gasteiger partial charge < -0.3 is 21.3 Å². The van der Waals surface area contributed by atoms with Gasteiger partial charge in [0, 0.05) is 51.9 Å². The Balaban J connectivity index is 1.44. The Labute approximate surface area is 191 Å². The zero-order valence-corrected chi connectivity index (χ0v) is 18.9. The molecule has 0 atom stereocenters. The van der Waals surface area contributed by atoms with Crippen LogP contribution < -0.4 is 21.3 Å². The molecule has 3 rings (SSSR count). The number of nitrogens with one attached hydrogen (secondary N) is 4. The van der Waals surface area contributed by atoms with Gasteiger partial charge in [0.05, 0.1) is 0 Å². The minimum absolute atomic E-state index is 0.432. The van der Waals surface area contributed by atoms with Crippen LogP contribution in [0.3, 0.4) is 0 Å². The van der Waals surface area contributed by atoms with Crippen LogP contribution in [-0.2, 0) is 19.6 Å². The Morgan fingerprint density at radius 3 is 1.97 bits per heavy atom. The molecule has 0 spiro atoms. The third-order valence-corrected chi connectivity index (χ3v) is 5.63. The minimum Gasteiger partial charge on any atom is -0.315 e. The van der Waals surface area contributed by atoms with Crippen molar-refractivity contribution in [2.75, 3.05) is 52.4 Å². The molecular formula is C25H37F2N5. The highest BCUT2D eigenvalue weighted by Gasteiger charge is 2.07. The Hall–Kier alpha value is -1.90. The lowest BCUT2D eigenvalue weighted by Crippen LogP contribution is -2.36. The fourth-order valence-electron chi connectivity index (χ4n) is 3.91. The van der Waals surface area contributed by atoms with Crippen LogP contribution in [0.25, 0.3) is 0 Å². The molecule has 7 heteroatoms. The van der Waals surface area contributed by atoms with Crippen molar-refractivity contribution in [1.82, 2.24) is 26.2 Å². The highest BCUT2D eigenvalue weighted by atomic mass is 19.1. The Bertz CT molecular complexity index is 750. The monoisotopic (exact) mass is 445 g/mol. The maximum atomic E-state index is 13.3. The van der Waals surface area contributed by atoms with Gasteiger partial charge in [-0.15, -0.1) is 0 Å². The first kappa shape index (κ1) is 24.7. The normalized spacial score (nSPS) is 17.7. The van der Waals surface area contributed by atoms with Crippen LogP contribution in [0, 0.1) is 11.6 Å². The van der Waals surface area contributed by atoms with Crippen molar-refractivity contribution < 1.29 is 8.78 Å². The van der Waals surface area contributed by atoms with Gasteiger partial charge in [-0.25, -0.2) is 8.78 Å². The van der Waals surface area contributed by atoms with E-state index in [0.717, 1.165) is 83.4 Å². The van der Waals surface area contributed by atoms with Crippen molar-refractivity contribution in [2.45, 2.75) is 32.5 Å². The lowest BCUT2D eigenvalue weighted by Gasteiger charge is -2.23. The van der Waals surface area contributed by atoms with Crippen LogP contribution in [0.2, 0.25) is 0 Å². The number of halogens is 2. The number of hydrogen-bond acceptors (Lipinski definition) is 5. The lowest BCUT2D eigenvalue weighted by molar-refractivity contribution is 0.260. The van der Waals surface area contributed by atoms with Crippen molar-refractivity contribution in [2.24, 2.45) is 0 Å². The summed E-state index contributed by atoms with van der Waals surface area (Å²) in [5.74, 6) is -1.08. The first-order valence-electron chi connectivity index (χ1n) is 11.8. The number of nitrogens with zero attached hydrogens (tertiary/aromatic N) is 1. The quantitative estimate of drug-likeness (QED) is 0.551. The van der Waals surface area contributed by atoms with Gasteiger partial charge in [-0.05, 0) is 67.8 Å². The zero-order chi connectivity index (χ0) is 22.4. The average molecular weight is 446 g/mol. The summed E-state index contributed by atoms with van der Waals surface area (Å²) >= 11 is 0. The summed E-state index contributed by atoms with van der Waals surface area (Å²) in [4.78, 5) is 2.52. The summed E-state index contributed by atoms with van der Waals surface area (Å²) in [5, 5.41) is 13.8. The van der Waals surface area contributed by atoms with E-state index in [1.165, 1.54) is 17.7 Å². The molecule has 0 aliphatic carbocycles. The highest BCUT2D eigenvalue weighted by molar-refractivity contribution is 5.23. The van der Waals surface area contributed by atoms with E-state index < -0.39 is 11.6 Å². The summed E-state index contributed by atoms with van der Waals surface area (Å²) in [5.41, 5.74) is 3.07. The molecule has 2 aromatic carbocycles. The molecule has 0 bridgehead atoms. The summed E-state index contributed by atoms with van der Waals surface area (Å²) in [6, 6.07) is 12.2. The van der Waals surface area contributed by atoms with Gasteiger partial charge in [0.2, 0.25) is 0 Å². The van der Waals surface area contributed by atoms with Gasteiger partial charge in [-0.3, -0.25) is 4.90 Å². The predicted molar refractivity (Wildman–Crippen MR) is 126 cm³/mol. The maximum absolute atomic E-state index is 13.3. The third-order valence-electron chi connectivity index (χ3n) is 5.63. The molecule has 1 fully saturated rings. The molecular weight excluding hydrogens is 408 g/mol. The molecule has 1 aliphatic rings. The lowest BCUT2D eigenvalue weighted by atomic mass is 10.1. The van der Waals surface area contributed by atoms with Crippen LogP contribution in [-0.4, -0.2) is 57.3 Å². The van der Waals surface area contributed by atoms with Crippen LogP contribution >= 0.6 is 0 Å². The van der Waals surface area contributed by atoms with E-state index in [9.17, 15) is 8.78 Å². The highest BCUT2D eigenvalue weighted by Crippen LogP contribution is 2.10. The first-order chi connectivity index (χ1) is 15.7. The summed E-state index contributed by atoms with van der Waals surface area (Å²) in [6.07, 6.45) is 2.30. The smallest absolute Gasteiger partial charge is 0.126 e. The van der Waals surface area contributed by atoms with Crippen molar-refractivity contribution in [3.05, 3.63) is 70.8 Å². The van der Waals surface area contributed by atoms with Crippen LogP contribution in [0.15, 0.2) is 42.5 Å². The van der Waals surface area contributed by atoms with Crippen LogP contribution in [0.5, 0.6) is 0 Å². The van der Waals surface area contributed by atoms with E-state index in [2.05, 4.69) is 50.4 Å². The molecule has 5 nitrogen and oxygen atoms in total. The largest absolute Gasteiger partial charge is 0.315 e. The van der Waals surface area contributed by atoms with E-state index in [0.29, 0.717) is 18.7 Å². The molecule has 1 saturated heterocycles. The predicted octanol–water partition coefficient (Wildman–Crippen LogP) is 2.62. The van der Waals surface area contributed by atoms with Crippen molar-refractivity contribution in [1.29, 1.82) is 0 Å². The van der Waals surface area contributed by atoms with Gasteiger partial charge in [0.1, 0.15) is 11.6 Å². The van der Waals surface area contributed by atoms with Gasteiger partial charge in [-0.1, -0.05) is 24.3 Å². The second-order valence-electron chi connectivity index (χ2n) is 8.43. The van der Waals surface area contributed by atoms with Crippen LogP contribution in [0.1, 0.15) is 29.5 Å². The maximum Gasteiger partial charge on any atom is 0.126 e. The molecule has 32 heavy (non-hydrogen) atoms. The number of hydrogen-bond donors (Lipinski definition) is 4. The molecule has 4 N–H and O–H groups in total. The molecule has 0 saturated carbocycles. The summed E-state index contributed by atoms with van der Waals surface area (Å²) in [6.45, 7) is 10.4. The molecule has 176 valence electrons. The van der Waals surface area contributed by atoms with Gasteiger partial charge in [0.25, 0.3) is 0 Å². The summed E-state index contributed by atoms with van der Waals surface area (Å²) < 4.78 is 26.6. The SMILES string of the molecule is Fc1cc(F)cc(CNCc2ccc(CN3CCCNCCNCCCNCC3)cc2)c1. The molecule has 0 amide bonds. The van der Waals surface area contributed by atoms with Crippen molar-refractivity contribution in [3.63, 3.8) is 0 Å². The van der Waals surface area contributed by atoms with Gasteiger partial charge in [-0.2, -0.15) is 0 Å². The molecule has 1 heterocycles. The molecule has 0 unspecified atom stereocenters. The van der Waals surface area contributed by atoms with E-state index in [-0.39, 0.29) is 0 Å². The van der Waals surface area contributed by atoms with E-state index in [1.54, 1.807) is 0 Å². The van der Waals surface area contributed by atoms with E-state index >= 15 is 0 Å². The topological polar surface area (TPSA) is 51.4 Å². The average Bonchev–Trinajstić information content (AvgIpc) is 2.77. The fourth-order valence-corrected chi connectivity index (χ4v) is 3.91. The van der Waals surface area contributed by atoms with E-state index in [1.807, 2.05) is 0 Å². The minimum atomic E-state index is -0.540. The second-order valence-corrected chi connectivity index (χ2v) is 8.43. The second kappa shape index (κ2) is 14.3. The Morgan fingerprint density at radius 2 is 1.25 bits per heavy atom. The third kappa shape index (κ3) is 9.71. The van der Waals surface area contributed by atoms with Gasteiger partial charge >= 0.3 is 0 Å². The Kier molecular flexibility index (Phi) is 11.0. The van der Waals surface area contributed by atoms with Gasteiger partial charge in [0.15, 0.2) is 0 Å².